The van der Waals surface area contributed by atoms with Crippen LogP contribution < -0.4 is 5.73 Å². The second kappa shape index (κ2) is 8.08. The minimum Gasteiger partial charge on any atom is -0.369 e. The van der Waals surface area contributed by atoms with Crippen molar-refractivity contribution >= 4 is 33.4 Å². The van der Waals surface area contributed by atoms with E-state index < -0.39 is 9.84 Å². The van der Waals surface area contributed by atoms with Gasteiger partial charge in [0.15, 0.2) is 9.84 Å². The van der Waals surface area contributed by atoms with Crippen LogP contribution in [0.4, 0.5) is 4.79 Å². The van der Waals surface area contributed by atoms with E-state index in [4.69, 9.17) is 17.3 Å². The molecular formula is C20H22ClN5O4S. The summed E-state index contributed by atoms with van der Waals surface area (Å²) in [6.07, 6.45) is 5.03. The number of nitrogens with two attached hydrogens (primary N) is 1. The van der Waals surface area contributed by atoms with Gasteiger partial charge in [0.2, 0.25) is 5.91 Å². The Bertz CT molecular complexity index is 1130. The summed E-state index contributed by atoms with van der Waals surface area (Å²) in [5.41, 5.74) is 6.65. The summed E-state index contributed by atoms with van der Waals surface area (Å²) in [5, 5.41) is 0.305. The van der Waals surface area contributed by atoms with Crippen molar-refractivity contribution in [3.05, 3.63) is 41.4 Å². The molecule has 2 N–H and O–H groups in total. The highest BCUT2D eigenvalue weighted by molar-refractivity contribution is 7.90. The normalized spacial score (nSPS) is 19.4. The summed E-state index contributed by atoms with van der Waals surface area (Å²) in [6, 6.07) is 4.46. The quantitative estimate of drug-likeness (QED) is 0.732. The van der Waals surface area contributed by atoms with Gasteiger partial charge in [0.05, 0.1) is 16.7 Å². The first kappa shape index (κ1) is 21.5. The molecule has 9 nitrogen and oxygen atoms in total. The SMILES string of the molecule is CS(=O)(=O)c1ccc(-c2cnc(C3CN(C(=O)N4CC[C@H](C(N)=O)C4)C3)nc2)c(Cl)c1. The predicted octanol–water partition coefficient (Wildman–Crippen LogP) is 1.53. The molecule has 0 saturated carbocycles. The average Bonchev–Trinajstić information content (AvgIpc) is 3.17. The molecule has 2 saturated heterocycles. The molecule has 1 aromatic carbocycles. The number of halogens is 1. The Kier molecular flexibility index (Phi) is 5.61. The lowest BCUT2D eigenvalue weighted by atomic mass is 9.99. The number of amides is 3. The highest BCUT2D eigenvalue weighted by atomic mass is 35.5. The lowest BCUT2D eigenvalue weighted by Gasteiger charge is -2.40. The Balaban J connectivity index is 1.38. The van der Waals surface area contributed by atoms with Crippen molar-refractivity contribution < 1.29 is 18.0 Å². The van der Waals surface area contributed by atoms with Gasteiger partial charge in [-0.3, -0.25) is 4.79 Å². The Morgan fingerprint density at radius 3 is 2.35 bits per heavy atom. The molecule has 3 amide bonds. The maximum Gasteiger partial charge on any atom is 0.320 e. The van der Waals surface area contributed by atoms with Crippen LogP contribution in [0.15, 0.2) is 35.5 Å². The summed E-state index contributed by atoms with van der Waals surface area (Å²) in [7, 11) is -3.34. The number of rotatable bonds is 4. The second-order valence-corrected chi connectivity index (χ2v) is 10.4. The van der Waals surface area contributed by atoms with Gasteiger partial charge in [-0.2, -0.15) is 0 Å². The molecule has 2 aliphatic rings. The zero-order chi connectivity index (χ0) is 22.3. The number of hydrogen-bond acceptors (Lipinski definition) is 6. The van der Waals surface area contributed by atoms with Crippen LogP contribution >= 0.6 is 11.6 Å². The Morgan fingerprint density at radius 2 is 1.81 bits per heavy atom. The maximum absolute atomic E-state index is 12.5. The second-order valence-electron chi connectivity index (χ2n) is 7.96. The van der Waals surface area contributed by atoms with Crippen molar-refractivity contribution in [2.45, 2.75) is 17.2 Å². The molecule has 1 aromatic heterocycles. The van der Waals surface area contributed by atoms with E-state index >= 15 is 0 Å². The van der Waals surface area contributed by atoms with Crippen molar-refractivity contribution in [1.82, 2.24) is 19.8 Å². The molecule has 164 valence electrons. The lowest BCUT2D eigenvalue weighted by molar-refractivity contribution is -0.121. The predicted molar refractivity (Wildman–Crippen MR) is 114 cm³/mol. The van der Waals surface area contributed by atoms with E-state index in [-0.39, 0.29) is 28.7 Å². The number of carbonyl (C=O) groups excluding carboxylic acids is 2. The third kappa shape index (κ3) is 4.35. The van der Waals surface area contributed by atoms with Gasteiger partial charge in [0.1, 0.15) is 5.82 Å². The van der Waals surface area contributed by atoms with Crippen molar-refractivity contribution in [3.63, 3.8) is 0 Å². The number of sulfone groups is 1. The van der Waals surface area contributed by atoms with E-state index in [1.165, 1.54) is 12.1 Å². The van der Waals surface area contributed by atoms with Crippen molar-refractivity contribution in [1.29, 1.82) is 0 Å². The Hall–Kier alpha value is -2.72. The van der Waals surface area contributed by atoms with Gasteiger partial charge in [-0.25, -0.2) is 23.2 Å². The van der Waals surface area contributed by atoms with Crippen LogP contribution in [0, 0.1) is 5.92 Å². The smallest absolute Gasteiger partial charge is 0.320 e. The molecule has 0 unspecified atom stereocenters. The molecule has 3 heterocycles. The Morgan fingerprint density at radius 1 is 1.13 bits per heavy atom. The molecule has 11 heteroatoms. The molecule has 0 aliphatic carbocycles. The first-order valence-electron chi connectivity index (χ1n) is 9.78. The van der Waals surface area contributed by atoms with Gasteiger partial charge >= 0.3 is 6.03 Å². The molecule has 0 spiro atoms. The third-order valence-corrected chi connectivity index (χ3v) is 7.15. The standard InChI is InChI=1S/C20H22ClN5O4S/c1-31(29,30)15-2-3-16(17(21)6-15)13-7-23-19(24-8-13)14-10-26(11-14)20(28)25-5-4-12(9-25)18(22)27/h2-3,6-8,12,14H,4-5,9-11H2,1H3,(H2,22,27)/t12-/m0/s1. The minimum absolute atomic E-state index is 0.0376. The summed E-state index contributed by atoms with van der Waals surface area (Å²) >= 11 is 6.26. The monoisotopic (exact) mass is 463 g/mol. The number of nitrogens with zero attached hydrogens (tertiary/aromatic N) is 4. The first-order chi connectivity index (χ1) is 14.6. The van der Waals surface area contributed by atoms with Crippen LogP contribution in [-0.2, 0) is 14.6 Å². The van der Waals surface area contributed by atoms with Crippen LogP contribution in [0.2, 0.25) is 5.02 Å². The molecule has 0 radical (unpaired) electrons. The third-order valence-electron chi connectivity index (χ3n) is 5.73. The number of urea groups is 1. The highest BCUT2D eigenvalue weighted by Gasteiger charge is 2.38. The summed E-state index contributed by atoms with van der Waals surface area (Å²) in [4.78, 5) is 36.2. The topological polar surface area (TPSA) is 127 Å². The van der Waals surface area contributed by atoms with Crippen LogP contribution in [-0.4, -0.2) is 72.6 Å². The number of primary amides is 1. The van der Waals surface area contributed by atoms with E-state index in [1.54, 1.807) is 28.3 Å². The molecule has 2 fully saturated rings. The van der Waals surface area contributed by atoms with Gasteiger partial charge in [-0.1, -0.05) is 17.7 Å². The zero-order valence-corrected chi connectivity index (χ0v) is 18.4. The van der Waals surface area contributed by atoms with E-state index in [1.807, 2.05) is 0 Å². The first-order valence-corrected chi connectivity index (χ1v) is 12.1. The number of likely N-dealkylation sites (tertiary alicyclic amines) is 2. The van der Waals surface area contributed by atoms with Crippen molar-refractivity contribution in [2.75, 3.05) is 32.4 Å². The Labute approximate surface area is 185 Å². The number of carbonyl (C=O) groups is 2. The fourth-order valence-corrected chi connectivity index (χ4v) is 4.81. The van der Waals surface area contributed by atoms with Gasteiger partial charge in [-0.05, 0) is 18.6 Å². The number of aromatic nitrogens is 2. The molecule has 4 rings (SSSR count). The van der Waals surface area contributed by atoms with Crippen LogP contribution in [0.25, 0.3) is 11.1 Å². The van der Waals surface area contributed by atoms with E-state index in [9.17, 15) is 18.0 Å². The molecule has 2 aromatic rings. The molecule has 1 atom stereocenters. The summed E-state index contributed by atoms with van der Waals surface area (Å²) in [5.74, 6) is 0.0373. The van der Waals surface area contributed by atoms with Gasteiger partial charge in [0.25, 0.3) is 0 Å². The average molecular weight is 464 g/mol. The molecular weight excluding hydrogens is 442 g/mol. The fourth-order valence-electron chi connectivity index (χ4n) is 3.81. The van der Waals surface area contributed by atoms with Crippen molar-refractivity contribution in [3.8, 4) is 11.1 Å². The largest absolute Gasteiger partial charge is 0.369 e. The van der Waals surface area contributed by atoms with Crippen LogP contribution in [0.3, 0.4) is 0 Å². The molecule has 31 heavy (non-hydrogen) atoms. The zero-order valence-electron chi connectivity index (χ0n) is 16.9. The van der Waals surface area contributed by atoms with Gasteiger partial charge in [-0.15, -0.1) is 0 Å². The van der Waals surface area contributed by atoms with Gasteiger partial charge in [0, 0.05) is 61.0 Å². The van der Waals surface area contributed by atoms with Gasteiger partial charge < -0.3 is 15.5 Å². The summed E-state index contributed by atoms with van der Waals surface area (Å²) < 4.78 is 23.3. The number of hydrogen-bond donors (Lipinski definition) is 1. The highest BCUT2D eigenvalue weighted by Crippen LogP contribution is 2.31. The molecule has 2 aliphatic heterocycles. The van der Waals surface area contributed by atoms with E-state index in [0.717, 1.165) is 6.26 Å². The van der Waals surface area contributed by atoms with Crippen molar-refractivity contribution in [2.24, 2.45) is 11.7 Å². The lowest BCUT2D eigenvalue weighted by Crippen LogP contribution is -2.53. The van der Waals surface area contributed by atoms with Crippen LogP contribution in [0.5, 0.6) is 0 Å². The fraction of sp³-hybridized carbons (Fsp3) is 0.400. The maximum atomic E-state index is 12.5. The summed E-state index contributed by atoms with van der Waals surface area (Å²) in [6.45, 7) is 1.94. The number of benzene rings is 1. The van der Waals surface area contributed by atoms with E-state index in [2.05, 4.69) is 9.97 Å². The van der Waals surface area contributed by atoms with Crippen LogP contribution in [0.1, 0.15) is 18.2 Å². The minimum atomic E-state index is -3.34. The molecule has 0 bridgehead atoms. The van der Waals surface area contributed by atoms with E-state index in [0.29, 0.717) is 54.6 Å².